The molecule has 4 rings (SSSR count). The van der Waals surface area contributed by atoms with E-state index >= 15 is 0 Å². The van der Waals surface area contributed by atoms with Crippen LogP contribution in [0.5, 0.6) is 0 Å². The molecule has 1 N–H and O–H groups in total. The van der Waals surface area contributed by atoms with E-state index in [1.807, 2.05) is 37.3 Å². The summed E-state index contributed by atoms with van der Waals surface area (Å²) < 4.78 is 5.51. The monoisotopic (exact) mass is 432 g/mol. The number of aromatic nitrogens is 2. The van der Waals surface area contributed by atoms with Crippen LogP contribution >= 0.6 is 0 Å². The standard InChI is InChI=1S/C26H32N4O2/c1-4-23(22-13-6-5-10-19(22)3)27-26(31)21-12-8-14-30(16-21)17-24-28-25(29-32-24)20-11-7-9-18(2)15-20/h5-7,9-11,13,15,21,23H,4,8,12,14,16-17H2,1-3H3,(H,27,31). The first-order valence-corrected chi connectivity index (χ1v) is 11.5. The number of aryl methyl sites for hydroxylation is 2. The summed E-state index contributed by atoms with van der Waals surface area (Å²) in [6.07, 6.45) is 2.76. The summed E-state index contributed by atoms with van der Waals surface area (Å²) in [5, 5.41) is 7.44. The topological polar surface area (TPSA) is 71.3 Å². The molecule has 6 heteroatoms. The lowest BCUT2D eigenvalue weighted by molar-refractivity contribution is -0.127. The Hall–Kier alpha value is -2.99. The fourth-order valence-corrected chi connectivity index (χ4v) is 4.49. The van der Waals surface area contributed by atoms with Gasteiger partial charge >= 0.3 is 0 Å². The third-order valence-corrected chi connectivity index (χ3v) is 6.27. The minimum absolute atomic E-state index is 0.0269. The molecule has 6 nitrogen and oxygen atoms in total. The molecule has 0 aliphatic carbocycles. The van der Waals surface area contributed by atoms with E-state index in [4.69, 9.17) is 4.52 Å². The Morgan fingerprint density at radius 2 is 2.06 bits per heavy atom. The summed E-state index contributed by atoms with van der Waals surface area (Å²) in [5.74, 6) is 1.31. The van der Waals surface area contributed by atoms with E-state index in [1.54, 1.807) is 0 Å². The maximum Gasteiger partial charge on any atom is 0.241 e. The van der Waals surface area contributed by atoms with Crippen LogP contribution in [0.2, 0.25) is 0 Å². The van der Waals surface area contributed by atoms with Gasteiger partial charge in [-0.25, -0.2) is 0 Å². The van der Waals surface area contributed by atoms with Crippen LogP contribution < -0.4 is 5.32 Å². The van der Waals surface area contributed by atoms with Crippen LogP contribution in [-0.4, -0.2) is 34.0 Å². The molecular formula is C26H32N4O2. The molecule has 0 radical (unpaired) electrons. The van der Waals surface area contributed by atoms with Crippen molar-refractivity contribution in [1.82, 2.24) is 20.4 Å². The van der Waals surface area contributed by atoms with Crippen molar-refractivity contribution in [2.45, 2.75) is 52.6 Å². The number of nitrogens with one attached hydrogen (secondary N) is 1. The summed E-state index contributed by atoms with van der Waals surface area (Å²) in [5.41, 5.74) is 4.53. The zero-order valence-corrected chi connectivity index (χ0v) is 19.2. The van der Waals surface area contributed by atoms with Gasteiger partial charge in [0, 0.05) is 12.1 Å². The van der Waals surface area contributed by atoms with E-state index in [9.17, 15) is 4.79 Å². The lowest BCUT2D eigenvalue weighted by Gasteiger charge is -2.32. The number of amides is 1. The second-order valence-electron chi connectivity index (χ2n) is 8.78. The summed E-state index contributed by atoms with van der Waals surface area (Å²) in [7, 11) is 0. The molecule has 0 bridgehead atoms. The minimum atomic E-state index is -0.0269. The molecule has 3 aromatic rings. The van der Waals surface area contributed by atoms with Crippen molar-refractivity contribution in [2.75, 3.05) is 13.1 Å². The number of nitrogens with zero attached hydrogens (tertiary/aromatic N) is 3. The number of hydrogen-bond donors (Lipinski definition) is 1. The average Bonchev–Trinajstić information content (AvgIpc) is 3.26. The molecule has 0 spiro atoms. The Morgan fingerprint density at radius 3 is 2.84 bits per heavy atom. The molecule has 1 saturated heterocycles. The van der Waals surface area contributed by atoms with Crippen molar-refractivity contribution in [3.63, 3.8) is 0 Å². The number of rotatable bonds is 7. The lowest BCUT2D eigenvalue weighted by atomic mass is 9.94. The van der Waals surface area contributed by atoms with Gasteiger partial charge in [0.2, 0.25) is 17.6 Å². The van der Waals surface area contributed by atoms with Crippen LogP contribution in [0.25, 0.3) is 11.4 Å². The van der Waals surface area contributed by atoms with Gasteiger partial charge in [-0.05, 0) is 56.8 Å². The second-order valence-corrected chi connectivity index (χ2v) is 8.78. The Morgan fingerprint density at radius 1 is 1.22 bits per heavy atom. The highest BCUT2D eigenvalue weighted by atomic mass is 16.5. The molecule has 1 fully saturated rings. The van der Waals surface area contributed by atoms with Crippen LogP contribution in [0.4, 0.5) is 0 Å². The predicted molar refractivity (Wildman–Crippen MR) is 125 cm³/mol. The quantitative estimate of drug-likeness (QED) is 0.579. The molecule has 32 heavy (non-hydrogen) atoms. The van der Waals surface area contributed by atoms with Gasteiger partial charge in [0.15, 0.2) is 0 Å². The Kier molecular flexibility index (Phi) is 7.00. The van der Waals surface area contributed by atoms with Crippen molar-refractivity contribution in [2.24, 2.45) is 5.92 Å². The number of hydrogen-bond acceptors (Lipinski definition) is 5. The molecular weight excluding hydrogens is 400 g/mol. The van der Waals surface area contributed by atoms with Gasteiger partial charge in [0.05, 0.1) is 18.5 Å². The van der Waals surface area contributed by atoms with Crippen molar-refractivity contribution in [1.29, 1.82) is 0 Å². The van der Waals surface area contributed by atoms with Crippen LogP contribution in [0.15, 0.2) is 53.1 Å². The first-order valence-electron chi connectivity index (χ1n) is 11.5. The van der Waals surface area contributed by atoms with Gasteiger partial charge in [0.1, 0.15) is 0 Å². The summed E-state index contributed by atoms with van der Waals surface area (Å²) in [6, 6.07) is 16.4. The van der Waals surface area contributed by atoms with Gasteiger partial charge in [0.25, 0.3) is 0 Å². The van der Waals surface area contributed by atoms with Gasteiger partial charge in [-0.15, -0.1) is 0 Å². The van der Waals surface area contributed by atoms with E-state index in [1.165, 1.54) is 11.1 Å². The number of carbonyl (C=O) groups excluding carboxylic acids is 1. The van der Waals surface area contributed by atoms with Gasteiger partial charge in [-0.3, -0.25) is 9.69 Å². The van der Waals surface area contributed by atoms with Gasteiger partial charge < -0.3 is 9.84 Å². The Bertz CT molecular complexity index is 1060. The van der Waals surface area contributed by atoms with E-state index in [2.05, 4.69) is 52.4 Å². The zero-order chi connectivity index (χ0) is 22.5. The van der Waals surface area contributed by atoms with Gasteiger partial charge in [-0.1, -0.05) is 60.1 Å². The van der Waals surface area contributed by atoms with E-state index < -0.39 is 0 Å². The fraction of sp³-hybridized carbons (Fsp3) is 0.423. The molecule has 2 aromatic carbocycles. The van der Waals surface area contributed by atoms with Crippen molar-refractivity contribution < 1.29 is 9.32 Å². The largest absolute Gasteiger partial charge is 0.349 e. The maximum atomic E-state index is 13.1. The summed E-state index contributed by atoms with van der Waals surface area (Å²) in [6.45, 7) is 8.47. The number of benzene rings is 2. The Labute approximate surface area is 190 Å². The smallest absolute Gasteiger partial charge is 0.241 e. The molecule has 1 aromatic heterocycles. The van der Waals surface area contributed by atoms with Crippen molar-refractivity contribution >= 4 is 5.91 Å². The molecule has 2 atom stereocenters. The maximum absolute atomic E-state index is 13.1. The number of carbonyl (C=O) groups is 1. The van der Waals surface area contributed by atoms with Crippen LogP contribution in [0, 0.1) is 19.8 Å². The molecule has 2 heterocycles. The van der Waals surface area contributed by atoms with E-state index in [-0.39, 0.29) is 17.9 Å². The van der Waals surface area contributed by atoms with Crippen LogP contribution in [-0.2, 0) is 11.3 Å². The minimum Gasteiger partial charge on any atom is -0.349 e. The van der Waals surface area contributed by atoms with E-state index in [0.29, 0.717) is 24.8 Å². The molecule has 2 unspecified atom stereocenters. The number of likely N-dealkylation sites (tertiary alicyclic amines) is 1. The highest BCUT2D eigenvalue weighted by molar-refractivity contribution is 5.79. The first-order chi connectivity index (χ1) is 15.5. The molecule has 0 saturated carbocycles. The third kappa shape index (κ3) is 5.25. The third-order valence-electron chi connectivity index (χ3n) is 6.27. The average molecular weight is 433 g/mol. The van der Waals surface area contributed by atoms with Crippen LogP contribution in [0.3, 0.4) is 0 Å². The summed E-state index contributed by atoms with van der Waals surface area (Å²) >= 11 is 0. The zero-order valence-electron chi connectivity index (χ0n) is 19.2. The predicted octanol–water partition coefficient (Wildman–Crippen LogP) is 4.83. The molecule has 168 valence electrons. The van der Waals surface area contributed by atoms with Crippen molar-refractivity contribution in [3.8, 4) is 11.4 Å². The molecule has 1 aliphatic rings. The lowest BCUT2D eigenvalue weighted by Crippen LogP contribution is -2.43. The second kappa shape index (κ2) is 10.1. The molecule has 1 amide bonds. The normalized spacial score (nSPS) is 17.8. The first kappa shape index (κ1) is 22.2. The van der Waals surface area contributed by atoms with Gasteiger partial charge in [-0.2, -0.15) is 4.98 Å². The van der Waals surface area contributed by atoms with Crippen molar-refractivity contribution in [3.05, 3.63) is 71.1 Å². The highest BCUT2D eigenvalue weighted by Gasteiger charge is 2.28. The molecule has 1 aliphatic heterocycles. The fourth-order valence-electron chi connectivity index (χ4n) is 4.49. The van der Waals surface area contributed by atoms with Crippen LogP contribution in [0.1, 0.15) is 54.8 Å². The SMILES string of the molecule is CCC(NC(=O)C1CCCN(Cc2nc(-c3cccc(C)c3)no2)C1)c1ccccc1C. The highest BCUT2D eigenvalue weighted by Crippen LogP contribution is 2.24. The summed E-state index contributed by atoms with van der Waals surface area (Å²) in [4.78, 5) is 19.9. The number of piperidine rings is 1. The Balaban J connectivity index is 1.37. The van der Waals surface area contributed by atoms with E-state index in [0.717, 1.165) is 36.9 Å².